The van der Waals surface area contributed by atoms with Crippen molar-refractivity contribution in [1.82, 2.24) is 15.1 Å². The summed E-state index contributed by atoms with van der Waals surface area (Å²) in [4.78, 5) is 26.3. The van der Waals surface area contributed by atoms with E-state index < -0.39 is 0 Å². The highest BCUT2D eigenvalue weighted by molar-refractivity contribution is 6.30. The zero-order valence-electron chi connectivity index (χ0n) is 15.3. The first-order valence-electron chi connectivity index (χ1n) is 8.96. The molecule has 8 heteroatoms. The predicted molar refractivity (Wildman–Crippen MR) is 105 cm³/mol. The van der Waals surface area contributed by atoms with Gasteiger partial charge in [-0.2, -0.15) is 5.10 Å². The minimum atomic E-state index is -0.263. The van der Waals surface area contributed by atoms with Gasteiger partial charge in [-0.3, -0.25) is 14.5 Å². The van der Waals surface area contributed by atoms with Crippen molar-refractivity contribution in [2.45, 2.75) is 26.4 Å². The third-order valence-corrected chi connectivity index (χ3v) is 4.79. The molecule has 2 aromatic heterocycles. The quantitative estimate of drug-likeness (QED) is 0.715. The van der Waals surface area contributed by atoms with E-state index in [1.54, 1.807) is 10.7 Å². The van der Waals surface area contributed by atoms with Crippen LogP contribution in [0.3, 0.4) is 0 Å². The molecule has 3 aromatic rings. The van der Waals surface area contributed by atoms with Crippen molar-refractivity contribution in [3.8, 4) is 11.3 Å². The van der Waals surface area contributed by atoms with Crippen molar-refractivity contribution in [3.05, 3.63) is 59.0 Å². The van der Waals surface area contributed by atoms with Gasteiger partial charge in [0.25, 0.3) is 0 Å². The van der Waals surface area contributed by atoms with Crippen LogP contribution in [0.25, 0.3) is 11.3 Å². The molecule has 0 atom stereocenters. The van der Waals surface area contributed by atoms with Gasteiger partial charge >= 0.3 is 0 Å². The smallest absolute Gasteiger partial charge is 0.240 e. The number of fused-ring (bicyclic) bond motifs is 1. The summed E-state index contributed by atoms with van der Waals surface area (Å²) in [7, 11) is 0. The third kappa shape index (κ3) is 3.80. The zero-order valence-corrected chi connectivity index (χ0v) is 16.1. The van der Waals surface area contributed by atoms with E-state index in [4.69, 9.17) is 16.0 Å². The zero-order chi connectivity index (χ0) is 19.7. The SMILES string of the molecule is Cc1ccc(CNC(=O)CN2C(=O)CCn3nc(-c4cccc(Cl)c4)cc32)o1. The van der Waals surface area contributed by atoms with E-state index in [0.29, 0.717) is 35.3 Å². The van der Waals surface area contributed by atoms with Crippen LogP contribution >= 0.6 is 11.6 Å². The van der Waals surface area contributed by atoms with Crippen molar-refractivity contribution in [1.29, 1.82) is 0 Å². The van der Waals surface area contributed by atoms with Crippen molar-refractivity contribution in [2.24, 2.45) is 0 Å². The molecule has 0 fully saturated rings. The van der Waals surface area contributed by atoms with Crippen LogP contribution in [0.4, 0.5) is 5.82 Å². The van der Waals surface area contributed by atoms with E-state index in [1.807, 2.05) is 43.3 Å². The van der Waals surface area contributed by atoms with Crippen LogP contribution in [-0.2, 0) is 22.7 Å². The second-order valence-electron chi connectivity index (χ2n) is 6.64. The Morgan fingerprint density at radius 1 is 1.29 bits per heavy atom. The average molecular weight is 399 g/mol. The Labute approximate surface area is 166 Å². The lowest BCUT2D eigenvalue weighted by atomic mass is 10.1. The summed E-state index contributed by atoms with van der Waals surface area (Å²) in [6.45, 7) is 2.54. The normalized spacial score (nSPS) is 13.5. The van der Waals surface area contributed by atoms with E-state index in [1.165, 1.54) is 4.90 Å². The maximum atomic E-state index is 12.4. The van der Waals surface area contributed by atoms with E-state index in [9.17, 15) is 9.59 Å². The number of rotatable bonds is 5. The second kappa shape index (κ2) is 7.52. The van der Waals surface area contributed by atoms with Crippen LogP contribution in [0.5, 0.6) is 0 Å². The topological polar surface area (TPSA) is 80.4 Å². The van der Waals surface area contributed by atoms with Gasteiger partial charge in [-0.15, -0.1) is 0 Å². The molecule has 4 rings (SSSR count). The van der Waals surface area contributed by atoms with Gasteiger partial charge in [0.2, 0.25) is 11.8 Å². The summed E-state index contributed by atoms with van der Waals surface area (Å²) in [5.74, 6) is 1.70. The molecule has 0 unspecified atom stereocenters. The number of aromatic nitrogens is 2. The Morgan fingerprint density at radius 2 is 2.14 bits per heavy atom. The lowest BCUT2D eigenvalue weighted by molar-refractivity contribution is -0.124. The van der Waals surface area contributed by atoms with Gasteiger partial charge in [0, 0.05) is 23.1 Å². The molecule has 2 amide bonds. The predicted octanol–water partition coefficient (Wildman–Crippen LogP) is 3.16. The molecule has 7 nitrogen and oxygen atoms in total. The van der Waals surface area contributed by atoms with E-state index >= 15 is 0 Å². The molecule has 0 radical (unpaired) electrons. The van der Waals surface area contributed by atoms with Gasteiger partial charge in [0.15, 0.2) is 0 Å². The van der Waals surface area contributed by atoms with Crippen LogP contribution in [0, 0.1) is 6.92 Å². The molecular formula is C20H19ClN4O3. The molecule has 0 saturated heterocycles. The van der Waals surface area contributed by atoms with E-state index in [-0.39, 0.29) is 24.9 Å². The fourth-order valence-electron chi connectivity index (χ4n) is 3.18. The summed E-state index contributed by atoms with van der Waals surface area (Å²) < 4.78 is 7.19. The minimum absolute atomic E-state index is 0.0702. The van der Waals surface area contributed by atoms with E-state index in [2.05, 4.69) is 10.4 Å². The highest BCUT2D eigenvalue weighted by atomic mass is 35.5. The van der Waals surface area contributed by atoms with Gasteiger partial charge in [-0.05, 0) is 31.2 Å². The molecule has 0 saturated carbocycles. The number of amides is 2. The molecule has 1 aliphatic rings. The first kappa shape index (κ1) is 18.3. The first-order chi connectivity index (χ1) is 13.5. The average Bonchev–Trinajstić information content (AvgIpc) is 3.29. The Bertz CT molecular complexity index is 1040. The van der Waals surface area contributed by atoms with Crippen molar-refractivity contribution < 1.29 is 14.0 Å². The summed E-state index contributed by atoms with van der Waals surface area (Å²) in [6, 6.07) is 12.8. The number of nitrogens with zero attached hydrogens (tertiary/aromatic N) is 3. The lowest BCUT2D eigenvalue weighted by Crippen LogP contribution is -2.44. The number of aryl methyl sites for hydroxylation is 2. The number of furan rings is 1. The standard InChI is InChI=1S/C20H19ClN4O3/c1-13-5-6-16(28-13)11-22-18(26)12-24-19-10-17(14-3-2-4-15(21)9-14)23-25(19)8-7-20(24)27/h2-6,9-10H,7-8,11-12H2,1H3,(H,22,26). The largest absolute Gasteiger partial charge is 0.465 e. The van der Waals surface area contributed by atoms with Crippen LogP contribution in [0.15, 0.2) is 46.9 Å². The monoisotopic (exact) mass is 398 g/mol. The number of anilines is 1. The van der Waals surface area contributed by atoms with Gasteiger partial charge in [-0.25, -0.2) is 4.68 Å². The maximum Gasteiger partial charge on any atom is 0.240 e. The van der Waals surface area contributed by atoms with Crippen LogP contribution in [0.1, 0.15) is 17.9 Å². The van der Waals surface area contributed by atoms with Crippen molar-refractivity contribution in [2.75, 3.05) is 11.4 Å². The number of carbonyl (C=O) groups is 2. The second-order valence-corrected chi connectivity index (χ2v) is 7.08. The molecule has 0 spiro atoms. The Morgan fingerprint density at radius 3 is 2.89 bits per heavy atom. The molecule has 0 aliphatic carbocycles. The molecule has 144 valence electrons. The fraction of sp³-hybridized carbons (Fsp3) is 0.250. The van der Waals surface area contributed by atoms with Gasteiger partial charge in [0.1, 0.15) is 23.9 Å². The number of halogens is 1. The number of hydrogen-bond acceptors (Lipinski definition) is 4. The van der Waals surface area contributed by atoms with Gasteiger partial charge in [0.05, 0.1) is 18.8 Å². The fourth-order valence-corrected chi connectivity index (χ4v) is 3.37. The molecular weight excluding hydrogens is 380 g/mol. The van der Waals surface area contributed by atoms with Gasteiger partial charge in [-0.1, -0.05) is 23.7 Å². The molecule has 1 aliphatic heterocycles. The summed E-state index contributed by atoms with van der Waals surface area (Å²) >= 11 is 6.07. The number of hydrogen-bond donors (Lipinski definition) is 1. The number of carbonyl (C=O) groups excluding carboxylic acids is 2. The van der Waals surface area contributed by atoms with Crippen LogP contribution in [-0.4, -0.2) is 28.1 Å². The Hall–Kier alpha value is -3.06. The highest BCUT2D eigenvalue weighted by Crippen LogP contribution is 2.29. The lowest BCUT2D eigenvalue weighted by Gasteiger charge is -2.26. The Kier molecular flexibility index (Phi) is 4.92. The van der Waals surface area contributed by atoms with E-state index in [0.717, 1.165) is 11.3 Å². The molecule has 1 N–H and O–H groups in total. The third-order valence-electron chi connectivity index (χ3n) is 4.55. The number of nitrogens with one attached hydrogen (secondary N) is 1. The summed E-state index contributed by atoms with van der Waals surface area (Å²) in [6.07, 6.45) is 0.300. The first-order valence-corrected chi connectivity index (χ1v) is 9.33. The molecule has 3 heterocycles. The van der Waals surface area contributed by atoms with Crippen molar-refractivity contribution >= 4 is 29.2 Å². The minimum Gasteiger partial charge on any atom is -0.465 e. The summed E-state index contributed by atoms with van der Waals surface area (Å²) in [5, 5.41) is 7.97. The molecule has 0 bridgehead atoms. The molecule has 1 aromatic carbocycles. The number of benzene rings is 1. The highest BCUT2D eigenvalue weighted by Gasteiger charge is 2.28. The summed E-state index contributed by atoms with van der Waals surface area (Å²) in [5.41, 5.74) is 1.57. The molecule has 28 heavy (non-hydrogen) atoms. The van der Waals surface area contributed by atoms with Crippen molar-refractivity contribution in [3.63, 3.8) is 0 Å². The van der Waals surface area contributed by atoms with Crippen LogP contribution in [0.2, 0.25) is 5.02 Å². The van der Waals surface area contributed by atoms with Gasteiger partial charge < -0.3 is 9.73 Å². The van der Waals surface area contributed by atoms with Crippen LogP contribution < -0.4 is 10.2 Å². The Balaban J connectivity index is 1.50. The maximum absolute atomic E-state index is 12.4.